The Balaban J connectivity index is 1.98. The zero-order valence-electron chi connectivity index (χ0n) is 15.2. The van der Waals surface area contributed by atoms with Gasteiger partial charge in [0, 0.05) is 13.0 Å². The highest BCUT2D eigenvalue weighted by molar-refractivity contribution is 7.92. The molecule has 1 N–H and O–H groups in total. The lowest BCUT2D eigenvalue weighted by Gasteiger charge is -2.22. The Morgan fingerprint density at radius 3 is 2.54 bits per heavy atom. The van der Waals surface area contributed by atoms with Gasteiger partial charge in [0.2, 0.25) is 15.9 Å². The molecule has 0 aliphatic carbocycles. The average molecular weight is 376 g/mol. The maximum atomic E-state index is 12.2. The Hall–Kier alpha value is -2.54. The van der Waals surface area contributed by atoms with Gasteiger partial charge in [0.25, 0.3) is 0 Å². The van der Waals surface area contributed by atoms with Crippen LogP contribution in [0.3, 0.4) is 0 Å². The van der Waals surface area contributed by atoms with Crippen molar-refractivity contribution < 1.29 is 17.9 Å². The van der Waals surface area contributed by atoms with Gasteiger partial charge in [-0.2, -0.15) is 0 Å². The third kappa shape index (κ3) is 5.49. The Labute approximate surface area is 154 Å². The summed E-state index contributed by atoms with van der Waals surface area (Å²) < 4.78 is 30.7. The molecular weight excluding hydrogens is 352 g/mol. The molecule has 0 fully saturated rings. The van der Waals surface area contributed by atoms with Crippen LogP contribution in [-0.4, -0.2) is 34.2 Å². The van der Waals surface area contributed by atoms with E-state index in [0.29, 0.717) is 23.5 Å². The monoisotopic (exact) mass is 376 g/mol. The van der Waals surface area contributed by atoms with Gasteiger partial charge in [0.15, 0.2) is 0 Å². The van der Waals surface area contributed by atoms with E-state index in [2.05, 4.69) is 5.32 Å². The van der Waals surface area contributed by atoms with Crippen molar-refractivity contribution in [3.8, 4) is 5.75 Å². The number of methoxy groups -OCH3 is 1. The quantitative estimate of drug-likeness (QED) is 0.768. The summed E-state index contributed by atoms with van der Waals surface area (Å²) in [6.45, 7) is 2.15. The predicted octanol–water partition coefficient (Wildman–Crippen LogP) is 3.19. The number of nitrogens with one attached hydrogen (secondary N) is 1. The van der Waals surface area contributed by atoms with Gasteiger partial charge in [-0.3, -0.25) is 9.10 Å². The van der Waals surface area contributed by atoms with Gasteiger partial charge in [-0.05, 0) is 43.2 Å². The highest BCUT2D eigenvalue weighted by Gasteiger charge is 2.17. The molecule has 2 aromatic rings. The number of carbonyl (C=O) groups excluding carboxylic acids is 1. The van der Waals surface area contributed by atoms with Gasteiger partial charge >= 0.3 is 0 Å². The first-order valence-corrected chi connectivity index (χ1v) is 10.1. The second-order valence-corrected chi connectivity index (χ2v) is 7.93. The number of hydrogen-bond acceptors (Lipinski definition) is 4. The number of aryl methyl sites for hydroxylation is 1. The fraction of sp³-hybridized carbons (Fsp3) is 0.316. The van der Waals surface area contributed by atoms with E-state index in [1.54, 1.807) is 24.3 Å². The molecule has 140 valence electrons. The summed E-state index contributed by atoms with van der Waals surface area (Å²) in [6.07, 6.45) is 1.78. The molecule has 26 heavy (non-hydrogen) atoms. The van der Waals surface area contributed by atoms with Crippen molar-refractivity contribution in [3.63, 3.8) is 0 Å². The van der Waals surface area contributed by atoms with Gasteiger partial charge in [-0.1, -0.05) is 24.3 Å². The number of sulfonamides is 1. The van der Waals surface area contributed by atoms with Crippen LogP contribution in [0.25, 0.3) is 0 Å². The third-order valence-corrected chi connectivity index (χ3v) is 5.03. The van der Waals surface area contributed by atoms with Crippen LogP contribution in [0.1, 0.15) is 18.4 Å². The SMILES string of the molecule is COc1ccccc1NC(=O)CCCN(c1cccc(C)c1)S(C)(=O)=O. The largest absolute Gasteiger partial charge is 0.495 e. The van der Waals surface area contributed by atoms with Crippen molar-refractivity contribution >= 4 is 27.3 Å². The van der Waals surface area contributed by atoms with E-state index in [0.717, 1.165) is 5.56 Å². The maximum absolute atomic E-state index is 12.2. The van der Waals surface area contributed by atoms with Crippen LogP contribution in [0, 0.1) is 6.92 Å². The second kappa shape index (κ2) is 8.71. The normalized spacial score (nSPS) is 11.0. The number of rotatable bonds is 8. The number of amides is 1. The lowest BCUT2D eigenvalue weighted by atomic mass is 10.2. The first-order chi connectivity index (χ1) is 12.3. The fourth-order valence-corrected chi connectivity index (χ4v) is 3.57. The summed E-state index contributed by atoms with van der Waals surface area (Å²) in [5.74, 6) is 0.394. The minimum absolute atomic E-state index is 0.188. The first-order valence-electron chi connectivity index (χ1n) is 8.28. The van der Waals surface area contributed by atoms with Crippen LogP contribution < -0.4 is 14.4 Å². The number of benzene rings is 2. The highest BCUT2D eigenvalue weighted by Crippen LogP contribution is 2.23. The Morgan fingerprint density at radius 2 is 1.88 bits per heavy atom. The predicted molar refractivity (Wildman–Crippen MR) is 104 cm³/mol. The summed E-state index contributed by atoms with van der Waals surface area (Å²) in [5, 5.41) is 2.79. The van der Waals surface area contributed by atoms with Gasteiger partial charge < -0.3 is 10.1 Å². The molecule has 6 nitrogen and oxygen atoms in total. The van der Waals surface area contributed by atoms with E-state index < -0.39 is 10.0 Å². The lowest BCUT2D eigenvalue weighted by Crippen LogP contribution is -2.31. The van der Waals surface area contributed by atoms with E-state index in [1.807, 2.05) is 31.2 Å². The molecule has 0 heterocycles. The minimum Gasteiger partial charge on any atom is -0.495 e. The van der Waals surface area contributed by atoms with E-state index in [9.17, 15) is 13.2 Å². The number of carbonyl (C=O) groups is 1. The Morgan fingerprint density at radius 1 is 1.15 bits per heavy atom. The molecule has 0 spiro atoms. The highest BCUT2D eigenvalue weighted by atomic mass is 32.2. The number of nitrogens with zero attached hydrogens (tertiary/aromatic N) is 1. The summed E-state index contributed by atoms with van der Waals surface area (Å²) >= 11 is 0. The lowest BCUT2D eigenvalue weighted by molar-refractivity contribution is -0.116. The van der Waals surface area contributed by atoms with E-state index >= 15 is 0 Å². The van der Waals surface area contributed by atoms with Crippen molar-refractivity contribution in [2.45, 2.75) is 19.8 Å². The number of para-hydroxylation sites is 2. The van der Waals surface area contributed by atoms with Gasteiger partial charge in [-0.25, -0.2) is 8.42 Å². The smallest absolute Gasteiger partial charge is 0.232 e. The molecule has 0 atom stereocenters. The molecule has 0 aliphatic heterocycles. The maximum Gasteiger partial charge on any atom is 0.232 e. The van der Waals surface area contributed by atoms with Gasteiger partial charge in [0.05, 0.1) is 24.7 Å². The van der Waals surface area contributed by atoms with Crippen LogP contribution in [-0.2, 0) is 14.8 Å². The molecule has 2 aromatic carbocycles. The number of hydrogen-bond donors (Lipinski definition) is 1. The standard InChI is InChI=1S/C19H24N2O4S/c1-15-8-6-9-16(14-15)21(26(3,23)24)13-7-12-19(22)20-17-10-4-5-11-18(17)25-2/h4-6,8-11,14H,7,12-13H2,1-3H3,(H,20,22). The fourth-order valence-electron chi connectivity index (χ4n) is 2.61. The minimum atomic E-state index is -3.42. The summed E-state index contributed by atoms with van der Waals surface area (Å²) in [6, 6.07) is 14.4. The molecule has 0 aliphatic rings. The summed E-state index contributed by atoms with van der Waals surface area (Å²) in [7, 11) is -1.88. The second-order valence-electron chi connectivity index (χ2n) is 6.03. The third-order valence-electron chi connectivity index (χ3n) is 3.84. The Bertz CT molecular complexity index is 865. The summed E-state index contributed by atoms with van der Waals surface area (Å²) in [4.78, 5) is 12.2. The van der Waals surface area contributed by atoms with Crippen molar-refractivity contribution in [3.05, 3.63) is 54.1 Å². The van der Waals surface area contributed by atoms with Crippen molar-refractivity contribution in [1.82, 2.24) is 0 Å². The van der Waals surface area contributed by atoms with Crippen LogP contribution in [0.2, 0.25) is 0 Å². The van der Waals surface area contributed by atoms with Crippen LogP contribution in [0.4, 0.5) is 11.4 Å². The molecule has 0 unspecified atom stereocenters. The molecule has 0 radical (unpaired) electrons. The molecule has 2 rings (SSSR count). The average Bonchev–Trinajstić information content (AvgIpc) is 2.58. The molecular formula is C19H24N2O4S. The van der Waals surface area contributed by atoms with Gasteiger partial charge in [0.1, 0.15) is 5.75 Å². The van der Waals surface area contributed by atoms with Crippen molar-refractivity contribution in [2.75, 3.05) is 29.5 Å². The topological polar surface area (TPSA) is 75.7 Å². The Kier molecular flexibility index (Phi) is 6.63. The van der Waals surface area contributed by atoms with Crippen LogP contribution in [0.5, 0.6) is 5.75 Å². The molecule has 7 heteroatoms. The zero-order chi connectivity index (χ0) is 19.2. The molecule has 0 bridgehead atoms. The molecule has 0 aromatic heterocycles. The summed E-state index contributed by atoms with van der Waals surface area (Å²) in [5.41, 5.74) is 2.18. The molecule has 0 saturated carbocycles. The van der Waals surface area contributed by atoms with E-state index in [-0.39, 0.29) is 18.9 Å². The number of ether oxygens (including phenoxy) is 1. The van der Waals surface area contributed by atoms with Crippen LogP contribution in [0.15, 0.2) is 48.5 Å². The number of anilines is 2. The van der Waals surface area contributed by atoms with Crippen LogP contribution >= 0.6 is 0 Å². The van der Waals surface area contributed by atoms with E-state index in [1.165, 1.54) is 17.7 Å². The van der Waals surface area contributed by atoms with Crippen molar-refractivity contribution in [1.29, 1.82) is 0 Å². The van der Waals surface area contributed by atoms with Crippen molar-refractivity contribution in [2.24, 2.45) is 0 Å². The molecule has 1 amide bonds. The zero-order valence-corrected chi connectivity index (χ0v) is 16.0. The van der Waals surface area contributed by atoms with E-state index in [4.69, 9.17) is 4.74 Å². The van der Waals surface area contributed by atoms with Gasteiger partial charge in [-0.15, -0.1) is 0 Å². The first kappa shape index (κ1) is 19.8. The molecule has 0 saturated heterocycles.